The summed E-state index contributed by atoms with van der Waals surface area (Å²) < 4.78 is 11.1. The second-order valence-electron chi connectivity index (χ2n) is 3.86. The highest BCUT2D eigenvalue weighted by atomic mass is 16.7. The average Bonchev–Trinajstić information content (AvgIpc) is 2.82. The summed E-state index contributed by atoms with van der Waals surface area (Å²) in [7, 11) is 0. The minimum absolute atomic E-state index is 0.0522. The van der Waals surface area contributed by atoms with Crippen molar-refractivity contribution < 1.29 is 19.4 Å². The van der Waals surface area contributed by atoms with E-state index in [-0.39, 0.29) is 24.9 Å². The number of hydrogen-bond acceptors (Lipinski definition) is 5. The van der Waals surface area contributed by atoms with Crippen LogP contribution in [-0.2, 0) is 14.3 Å². The second-order valence-corrected chi connectivity index (χ2v) is 3.86. The normalized spacial score (nSPS) is 36.5. The van der Waals surface area contributed by atoms with Crippen LogP contribution < -0.4 is 5.48 Å². The summed E-state index contributed by atoms with van der Waals surface area (Å²) in [6, 6.07) is 0.131. The first-order valence-electron chi connectivity index (χ1n) is 5.19. The Morgan fingerprint density at radius 2 is 2.47 bits per heavy atom. The minimum Gasteiger partial charge on any atom is -0.394 e. The van der Waals surface area contributed by atoms with E-state index in [0.29, 0.717) is 25.7 Å². The Morgan fingerprint density at radius 1 is 1.60 bits per heavy atom. The number of ether oxygens (including phenoxy) is 2. The molecule has 0 aromatic heterocycles. The molecule has 5 nitrogen and oxygen atoms in total. The third kappa shape index (κ3) is 2.21. The van der Waals surface area contributed by atoms with Crippen molar-refractivity contribution in [1.29, 1.82) is 0 Å². The van der Waals surface area contributed by atoms with Crippen molar-refractivity contribution in [3.05, 3.63) is 12.7 Å². The Morgan fingerprint density at radius 3 is 3.20 bits per heavy atom. The van der Waals surface area contributed by atoms with Gasteiger partial charge >= 0.3 is 0 Å². The number of aliphatic hydroxyl groups excluding tert-OH is 1. The molecule has 0 radical (unpaired) electrons. The van der Waals surface area contributed by atoms with E-state index >= 15 is 0 Å². The molecule has 2 heterocycles. The van der Waals surface area contributed by atoms with E-state index in [9.17, 15) is 5.11 Å². The molecule has 0 aromatic rings. The standard InChI is InChI=1S/C10H17NO4/c1-2-3-13-8(4-12)10-9-7(5-14-10)6-15-11-9/h2,7-12H,1,3-6H2/t7-,8+,9+,10-/m1/s1. The van der Waals surface area contributed by atoms with Gasteiger partial charge in [0.15, 0.2) is 0 Å². The van der Waals surface area contributed by atoms with Crippen LogP contribution in [0.3, 0.4) is 0 Å². The fourth-order valence-electron chi connectivity index (χ4n) is 2.06. The number of aliphatic hydroxyl groups is 1. The van der Waals surface area contributed by atoms with E-state index in [1.54, 1.807) is 6.08 Å². The van der Waals surface area contributed by atoms with Gasteiger partial charge in [0.25, 0.3) is 0 Å². The zero-order valence-corrected chi connectivity index (χ0v) is 8.59. The minimum atomic E-state index is -0.313. The third-order valence-corrected chi connectivity index (χ3v) is 2.86. The molecule has 0 aliphatic carbocycles. The molecule has 2 aliphatic heterocycles. The van der Waals surface area contributed by atoms with Crippen molar-refractivity contribution in [2.45, 2.75) is 18.2 Å². The van der Waals surface area contributed by atoms with E-state index in [0.717, 1.165) is 0 Å². The van der Waals surface area contributed by atoms with Crippen LogP contribution in [0.1, 0.15) is 0 Å². The fraction of sp³-hybridized carbons (Fsp3) is 0.800. The summed E-state index contributed by atoms with van der Waals surface area (Å²) in [4.78, 5) is 5.15. The fourth-order valence-corrected chi connectivity index (χ4v) is 2.06. The Kier molecular flexibility index (Phi) is 3.71. The van der Waals surface area contributed by atoms with Crippen molar-refractivity contribution in [2.75, 3.05) is 26.4 Å². The first-order valence-corrected chi connectivity index (χ1v) is 5.19. The summed E-state index contributed by atoms with van der Waals surface area (Å²) >= 11 is 0. The van der Waals surface area contributed by atoms with Crippen molar-refractivity contribution >= 4 is 0 Å². The quantitative estimate of drug-likeness (QED) is 0.604. The van der Waals surface area contributed by atoms with Gasteiger partial charge < -0.3 is 19.4 Å². The summed E-state index contributed by atoms with van der Waals surface area (Å²) in [6.45, 7) is 5.27. The van der Waals surface area contributed by atoms with Crippen LogP contribution in [0.15, 0.2) is 12.7 Å². The molecule has 0 unspecified atom stereocenters. The molecule has 2 aliphatic rings. The number of hydrogen-bond donors (Lipinski definition) is 2. The summed E-state index contributed by atoms with van der Waals surface area (Å²) in [6.07, 6.45) is 1.21. The molecule has 2 fully saturated rings. The van der Waals surface area contributed by atoms with Crippen molar-refractivity contribution in [3.63, 3.8) is 0 Å². The van der Waals surface area contributed by atoms with Crippen LogP contribution in [0.4, 0.5) is 0 Å². The van der Waals surface area contributed by atoms with Gasteiger partial charge in [-0.1, -0.05) is 6.08 Å². The molecule has 0 bridgehead atoms. The van der Waals surface area contributed by atoms with Crippen molar-refractivity contribution in [3.8, 4) is 0 Å². The van der Waals surface area contributed by atoms with Crippen LogP contribution in [0, 0.1) is 5.92 Å². The zero-order chi connectivity index (χ0) is 10.7. The number of nitrogens with one attached hydrogen (secondary N) is 1. The van der Waals surface area contributed by atoms with Crippen LogP contribution in [0.2, 0.25) is 0 Å². The molecule has 0 spiro atoms. The van der Waals surface area contributed by atoms with E-state index in [2.05, 4.69) is 12.1 Å². The molecule has 86 valence electrons. The van der Waals surface area contributed by atoms with Gasteiger partial charge in [-0.15, -0.1) is 6.58 Å². The molecule has 4 atom stereocenters. The molecule has 0 aromatic carbocycles. The zero-order valence-electron chi connectivity index (χ0n) is 8.59. The Labute approximate surface area is 89.0 Å². The first kappa shape index (κ1) is 11.0. The molecule has 0 amide bonds. The van der Waals surface area contributed by atoms with Gasteiger partial charge in [0.1, 0.15) is 12.2 Å². The maximum atomic E-state index is 9.23. The molecule has 2 saturated heterocycles. The summed E-state index contributed by atoms with van der Waals surface area (Å²) in [5.41, 5.74) is 2.92. The Balaban J connectivity index is 1.92. The van der Waals surface area contributed by atoms with Crippen LogP contribution >= 0.6 is 0 Å². The summed E-state index contributed by atoms with van der Waals surface area (Å²) in [5, 5.41) is 9.23. The molecule has 15 heavy (non-hydrogen) atoms. The van der Waals surface area contributed by atoms with Gasteiger partial charge in [-0.3, -0.25) is 0 Å². The second kappa shape index (κ2) is 5.05. The predicted octanol–water partition coefficient (Wildman–Crippen LogP) is -0.532. The van der Waals surface area contributed by atoms with Gasteiger partial charge in [0.05, 0.1) is 32.5 Å². The van der Waals surface area contributed by atoms with Gasteiger partial charge in [-0.2, -0.15) is 5.48 Å². The number of hydroxylamine groups is 1. The predicted molar refractivity (Wildman–Crippen MR) is 53.1 cm³/mol. The van der Waals surface area contributed by atoms with Gasteiger partial charge in [0.2, 0.25) is 0 Å². The lowest BCUT2D eigenvalue weighted by Crippen LogP contribution is -2.45. The lowest BCUT2D eigenvalue weighted by molar-refractivity contribution is -0.0849. The maximum absolute atomic E-state index is 9.23. The Hall–Kier alpha value is -0.460. The van der Waals surface area contributed by atoms with E-state index in [4.69, 9.17) is 14.3 Å². The van der Waals surface area contributed by atoms with Gasteiger partial charge in [-0.25, -0.2) is 0 Å². The SMILES string of the molecule is C=CCO[C@@H](CO)[C@H]1OC[C@@H]2CON[C@@H]21. The molecule has 2 rings (SSSR count). The van der Waals surface area contributed by atoms with E-state index in [1.165, 1.54) is 0 Å². The van der Waals surface area contributed by atoms with E-state index < -0.39 is 0 Å². The highest BCUT2D eigenvalue weighted by molar-refractivity contribution is 4.94. The van der Waals surface area contributed by atoms with E-state index in [1.807, 2.05) is 0 Å². The molecule has 2 N–H and O–H groups in total. The topological polar surface area (TPSA) is 60.0 Å². The van der Waals surface area contributed by atoms with Crippen LogP contribution in [0.5, 0.6) is 0 Å². The molecular weight excluding hydrogens is 198 g/mol. The lowest BCUT2D eigenvalue weighted by Gasteiger charge is -2.24. The maximum Gasteiger partial charge on any atom is 0.109 e. The molecular formula is C10H17NO4. The summed E-state index contributed by atoms with van der Waals surface area (Å²) in [5.74, 6) is 0.372. The Bertz CT molecular complexity index is 223. The lowest BCUT2D eigenvalue weighted by atomic mass is 9.98. The number of rotatable bonds is 5. The smallest absolute Gasteiger partial charge is 0.109 e. The van der Waals surface area contributed by atoms with Crippen LogP contribution in [0.25, 0.3) is 0 Å². The van der Waals surface area contributed by atoms with Crippen molar-refractivity contribution in [1.82, 2.24) is 5.48 Å². The average molecular weight is 215 g/mol. The van der Waals surface area contributed by atoms with Crippen LogP contribution in [-0.4, -0.2) is 49.8 Å². The van der Waals surface area contributed by atoms with Gasteiger partial charge in [-0.05, 0) is 0 Å². The monoisotopic (exact) mass is 215 g/mol. The number of fused-ring (bicyclic) bond motifs is 1. The molecule has 0 saturated carbocycles. The molecule has 5 heteroatoms. The highest BCUT2D eigenvalue weighted by Crippen LogP contribution is 2.27. The first-order chi connectivity index (χ1) is 7.36. The van der Waals surface area contributed by atoms with Gasteiger partial charge in [0, 0.05) is 5.92 Å². The van der Waals surface area contributed by atoms with Crippen molar-refractivity contribution in [2.24, 2.45) is 5.92 Å². The third-order valence-electron chi connectivity index (χ3n) is 2.86. The highest BCUT2D eigenvalue weighted by Gasteiger charge is 2.45. The largest absolute Gasteiger partial charge is 0.394 e.